The first-order chi connectivity index (χ1) is 13.3. The third-order valence-electron chi connectivity index (χ3n) is 5.28. The highest BCUT2D eigenvalue weighted by atomic mass is 35.5. The summed E-state index contributed by atoms with van der Waals surface area (Å²) in [6.07, 6.45) is 0. The van der Waals surface area contributed by atoms with Gasteiger partial charge in [-0.2, -0.15) is 0 Å². The maximum atomic E-state index is 6.40. The first kappa shape index (κ1) is 16.4. The van der Waals surface area contributed by atoms with Crippen molar-refractivity contribution in [2.24, 2.45) is 0 Å². The summed E-state index contributed by atoms with van der Waals surface area (Å²) in [6, 6.07) is 29.9. The molecule has 0 radical (unpaired) electrons. The molecule has 3 heteroatoms. The smallest absolute Gasteiger partial charge is 0.0530 e. The van der Waals surface area contributed by atoms with E-state index >= 15 is 0 Å². The van der Waals surface area contributed by atoms with Crippen molar-refractivity contribution in [3.05, 3.63) is 112 Å². The van der Waals surface area contributed by atoms with E-state index in [4.69, 9.17) is 11.6 Å². The van der Waals surface area contributed by atoms with Gasteiger partial charge in [0, 0.05) is 17.5 Å². The number of anilines is 1. The van der Waals surface area contributed by atoms with Crippen molar-refractivity contribution in [3.8, 4) is 0 Å². The molecule has 0 saturated carbocycles. The van der Waals surface area contributed by atoms with E-state index in [2.05, 4.69) is 83.6 Å². The van der Waals surface area contributed by atoms with Gasteiger partial charge in [-0.25, -0.2) is 5.43 Å². The normalized spacial score (nSPS) is 16.0. The summed E-state index contributed by atoms with van der Waals surface area (Å²) < 4.78 is 0. The minimum atomic E-state index is 0.120. The quantitative estimate of drug-likeness (QED) is 0.422. The molecule has 1 unspecified atom stereocenters. The number of halogens is 1. The van der Waals surface area contributed by atoms with Crippen molar-refractivity contribution in [1.29, 1.82) is 0 Å². The largest absolute Gasteiger partial charge is 0.321 e. The Balaban J connectivity index is 1.83. The Kier molecular flexibility index (Phi) is 4.08. The Labute approximate surface area is 163 Å². The van der Waals surface area contributed by atoms with E-state index < -0.39 is 0 Å². The number of fused-ring (bicyclic) bond motifs is 3. The highest BCUT2D eigenvalue weighted by Gasteiger charge is 2.25. The zero-order chi connectivity index (χ0) is 18.2. The molecule has 1 aliphatic rings. The van der Waals surface area contributed by atoms with Crippen LogP contribution < -0.4 is 10.9 Å². The summed E-state index contributed by atoms with van der Waals surface area (Å²) >= 11 is 6.40. The average molecular weight is 371 g/mol. The van der Waals surface area contributed by atoms with Gasteiger partial charge in [0.1, 0.15) is 0 Å². The third kappa shape index (κ3) is 2.97. The summed E-state index contributed by atoms with van der Waals surface area (Å²) in [6.45, 7) is 0.756. The fourth-order valence-electron chi connectivity index (χ4n) is 4.02. The van der Waals surface area contributed by atoms with Crippen LogP contribution in [0.15, 0.2) is 84.9 Å². The summed E-state index contributed by atoms with van der Waals surface area (Å²) in [4.78, 5) is 0. The number of nitrogens with one attached hydrogen (secondary N) is 2. The van der Waals surface area contributed by atoms with Gasteiger partial charge in [-0.1, -0.05) is 66.2 Å². The van der Waals surface area contributed by atoms with Gasteiger partial charge < -0.3 is 5.43 Å². The fourth-order valence-corrected chi connectivity index (χ4v) is 4.20. The van der Waals surface area contributed by atoms with Crippen molar-refractivity contribution in [1.82, 2.24) is 5.43 Å². The van der Waals surface area contributed by atoms with Gasteiger partial charge in [-0.05, 0) is 63.4 Å². The predicted octanol–water partition coefficient (Wildman–Crippen LogP) is 6.10. The first-order valence-electron chi connectivity index (χ1n) is 9.14. The van der Waals surface area contributed by atoms with Crippen LogP contribution in [0.5, 0.6) is 0 Å². The van der Waals surface area contributed by atoms with E-state index in [-0.39, 0.29) is 5.92 Å². The van der Waals surface area contributed by atoms with Crippen LogP contribution >= 0.6 is 11.6 Å². The molecule has 0 aliphatic carbocycles. The van der Waals surface area contributed by atoms with Gasteiger partial charge in [0.25, 0.3) is 0 Å². The Bertz CT molecular complexity index is 1120. The van der Waals surface area contributed by atoms with Gasteiger partial charge in [0.05, 0.1) is 5.69 Å². The zero-order valence-corrected chi connectivity index (χ0v) is 15.5. The second kappa shape index (κ2) is 6.73. The van der Waals surface area contributed by atoms with Crippen molar-refractivity contribution in [2.45, 2.75) is 12.5 Å². The number of hydrogen-bond acceptors (Lipinski definition) is 2. The lowest BCUT2D eigenvalue weighted by Gasteiger charge is -2.28. The second-order valence-electron chi connectivity index (χ2n) is 6.95. The van der Waals surface area contributed by atoms with E-state index in [1.54, 1.807) is 0 Å². The number of hydrazine groups is 1. The molecule has 1 atom stereocenters. The van der Waals surface area contributed by atoms with Crippen LogP contribution in [0.3, 0.4) is 0 Å². The molecule has 4 aromatic rings. The molecule has 1 aliphatic heterocycles. The number of rotatable bonds is 1. The second-order valence-corrected chi connectivity index (χ2v) is 7.39. The van der Waals surface area contributed by atoms with Gasteiger partial charge in [0.2, 0.25) is 0 Å². The van der Waals surface area contributed by atoms with Gasteiger partial charge in [-0.15, -0.1) is 0 Å². The molecule has 0 bridgehead atoms. The maximum absolute atomic E-state index is 6.40. The molecule has 4 aromatic carbocycles. The lowest BCUT2D eigenvalue weighted by atomic mass is 9.80. The molecule has 2 N–H and O–H groups in total. The van der Waals surface area contributed by atoms with E-state index in [1.165, 1.54) is 33.0 Å². The molecule has 27 heavy (non-hydrogen) atoms. The van der Waals surface area contributed by atoms with Crippen LogP contribution in [-0.2, 0) is 6.54 Å². The molecular formula is C24H19ClN2. The SMILES string of the molecule is Clc1ccc2c(c1)C(c1ccccc1)c1cc3ccccc3cc1CNN2. The Morgan fingerprint density at radius 3 is 2.30 bits per heavy atom. The summed E-state index contributed by atoms with van der Waals surface area (Å²) in [5, 5.41) is 3.27. The standard InChI is InChI=1S/C24H19ClN2/c25-20-10-11-23-22(14-20)24(16-6-2-1-3-7-16)21-13-18-9-5-4-8-17(18)12-19(21)15-26-27-23/h1-14,24,26-27H,15H2. The lowest BCUT2D eigenvalue weighted by molar-refractivity contribution is 0.766. The molecule has 0 aromatic heterocycles. The monoisotopic (exact) mass is 370 g/mol. The Morgan fingerprint density at radius 2 is 1.48 bits per heavy atom. The molecule has 1 heterocycles. The molecule has 0 saturated heterocycles. The van der Waals surface area contributed by atoms with E-state index in [0.717, 1.165) is 17.3 Å². The number of hydrogen-bond donors (Lipinski definition) is 2. The van der Waals surface area contributed by atoms with E-state index in [0.29, 0.717) is 0 Å². The van der Waals surface area contributed by atoms with Crippen molar-refractivity contribution < 1.29 is 0 Å². The predicted molar refractivity (Wildman–Crippen MR) is 113 cm³/mol. The van der Waals surface area contributed by atoms with Gasteiger partial charge in [-0.3, -0.25) is 0 Å². The number of benzene rings is 4. The topological polar surface area (TPSA) is 24.1 Å². The fraction of sp³-hybridized carbons (Fsp3) is 0.0833. The average Bonchev–Trinajstić information content (AvgIpc) is 2.69. The molecule has 5 rings (SSSR count). The third-order valence-corrected chi connectivity index (χ3v) is 5.51. The highest BCUT2D eigenvalue weighted by molar-refractivity contribution is 6.30. The van der Waals surface area contributed by atoms with Crippen LogP contribution in [0.25, 0.3) is 10.8 Å². The van der Waals surface area contributed by atoms with Crippen LogP contribution in [0.1, 0.15) is 28.2 Å². The van der Waals surface area contributed by atoms with E-state index in [1.807, 2.05) is 12.1 Å². The minimum Gasteiger partial charge on any atom is -0.321 e. The molecule has 2 nitrogen and oxygen atoms in total. The highest BCUT2D eigenvalue weighted by Crippen LogP contribution is 2.41. The summed E-state index contributed by atoms with van der Waals surface area (Å²) in [5.41, 5.74) is 12.8. The minimum absolute atomic E-state index is 0.120. The van der Waals surface area contributed by atoms with Crippen LogP contribution in [0.2, 0.25) is 5.02 Å². The van der Waals surface area contributed by atoms with Crippen LogP contribution in [0.4, 0.5) is 5.69 Å². The van der Waals surface area contributed by atoms with Crippen LogP contribution in [-0.4, -0.2) is 0 Å². The van der Waals surface area contributed by atoms with Crippen LogP contribution in [0, 0.1) is 0 Å². The molecule has 0 spiro atoms. The zero-order valence-electron chi connectivity index (χ0n) is 14.7. The van der Waals surface area contributed by atoms with Gasteiger partial charge >= 0.3 is 0 Å². The van der Waals surface area contributed by atoms with Gasteiger partial charge in [0.15, 0.2) is 0 Å². The first-order valence-corrected chi connectivity index (χ1v) is 9.52. The summed E-state index contributed by atoms with van der Waals surface area (Å²) in [5.74, 6) is 0.120. The molecule has 132 valence electrons. The van der Waals surface area contributed by atoms with Crippen molar-refractivity contribution in [3.63, 3.8) is 0 Å². The lowest BCUT2D eigenvalue weighted by Crippen LogP contribution is -2.26. The van der Waals surface area contributed by atoms with Crippen molar-refractivity contribution >= 4 is 28.1 Å². The Morgan fingerprint density at radius 1 is 0.741 bits per heavy atom. The summed E-state index contributed by atoms with van der Waals surface area (Å²) in [7, 11) is 0. The molecular weight excluding hydrogens is 352 g/mol. The maximum Gasteiger partial charge on any atom is 0.0530 e. The molecule has 0 amide bonds. The van der Waals surface area contributed by atoms with Crippen molar-refractivity contribution in [2.75, 3.05) is 5.43 Å². The molecule has 0 fully saturated rings. The Hall–Kier alpha value is -2.81. The van der Waals surface area contributed by atoms with E-state index in [9.17, 15) is 0 Å².